The summed E-state index contributed by atoms with van der Waals surface area (Å²) in [4.78, 5) is 0. The molecule has 92 valence electrons. The molecule has 1 heterocycles. The number of benzene rings is 1. The second kappa shape index (κ2) is 5.70. The minimum atomic E-state index is 0.0274. The lowest BCUT2D eigenvalue weighted by atomic mass is 10.2. The molecule has 1 aliphatic heterocycles. The first kappa shape index (κ1) is 12.0. The predicted molar refractivity (Wildman–Crippen MR) is 64.3 cm³/mol. The van der Waals surface area contributed by atoms with Gasteiger partial charge >= 0.3 is 0 Å². The molecular weight excluding hydrogens is 220 g/mol. The third-order valence-corrected chi connectivity index (χ3v) is 2.43. The molecule has 1 saturated heterocycles. The van der Waals surface area contributed by atoms with Gasteiger partial charge in [0.25, 0.3) is 0 Å². The summed E-state index contributed by atoms with van der Waals surface area (Å²) in [5.74, 6) is 1.40. The lowest BCUT2D eigenvalue weighted by Crippen LogP contribution is -2.05. The fraction of sp³-hybridized carbons (Fsp3) is 0.385. The van der Waals surface area contributed by atoms with Crippen molar-refractivity contribution in [1.29, 1.82) is 0 Å². The highest BCUT2D eigenvalue weighted by molar-refractivity contribution is 5.55. The summed E-state index contributed by atoms with van der Waals surface area (Å²) in [5, 5.41) is 8.70. The Kier molecular flexibility index (Phi) is 4.01. The summed E-state index contributed by atoms with van der Waals surface area (Å²) >= 11 is 0. The Morgan fingerprint density at radius 1 is 1.47 bits per heavy atom. The van der Waals surface area contributed by atoms with Crippen molar-refractivity contribution in [2.24, 2.45) is 0 Å². The van der Waals surface area contributed by atoms with Crippen LogP contribution < -0.4 is 9.47 Å². The van der Waals surface area contributed by atoms with Gasteiger partial charge in [-0.1, -0.05) is 18.2 Å². The molecule has 17 heavy (non-hydrogen) atoms. The third kappa shape index (κ3) is 3.47. The predicted octanol–water partition coefficient (Wildman–Crippen LogP) is 1.48. The standard InChI is InChI=1S/C13H16O4/c1-15-13-7-10(3-2-6-14)4-5-12(13)17-9-11-8-16-11/h2-5,7,11,14H,6,8-9H2,1H3/b3-2+. The first-order valence-corrected chi connectivity index (χ1v) is 5.53. The minimum Gasteiger partial charge on any atom is -0.493 e. The van der Waals surface area contributed by atoms with Crippen molar-refractivity contribution in [1.82, 2.24) is 0 Å². The first-order valence-electron chi connectivity index (χ1n) is 5.53. The summed E-state index contributed by atoms with van der Waals surface area (Å²) in [6, 6.07) is 5.64. The van der Waals surface area contributed by atoms with Gasteiger partial charge in [0.05, 0.1) is 20.3 Å². The Morgan fingerprint density at radius 3 is 2.94 bits per heavy atom. The van der Waals surface area contributed by atoms with E-state index in [1.807, 2.05) is 24.3 Å². The van der Waals surface area contributed by atoms with Gasteiger partial charge < -0.3 is 19.3 Å². The maximum atomic E-state index is 8.70. The van der Waals surface area contributed by atoms with Gasteiger partial charge in [0, 0.05) is 0 Å². The molecule has 4 heteroatoms. The summed E-state index contributed by atoms with van der Waals surface area (Å²) in [6.45, 7) is 1.36. The highest BCUT2D eigenvalue weighted by atomic mass is 16.6. The van der Waals surface area contributed by atoms with E-state index in [0.29, 0.717) is 18.1 Å². The van der Waals surface area contributed by atoms with Crippen LogP contribution in [0.15, 0.2) is 24.3 Å². The SMILES string of the molecule is COc1cc(/C=C/CO)ccc1OCC1CO1. The number of hydrogen-bond donors (Lipinski definition) is 1. The van der Waals surface area contributed by atoms with E-state index in [0.717, 1.165) is 12.2 Å². The van der Waals surface area contributed by atoms with Gasteiger partial charge in [-0.05, 0) is 17.7 Å². The largest absolute Gasteiger partial charge is 0.493 e. The average molecular weight is 236 g/mol. The van der Waals surface area contributed by atoms with Crippen molar-refractivity contribution < 1.29 is 19.3 Å². The molecule has 1 N–H and O–H groups in total. The van der Waals surface area contributed by atoms with E-state index in [1.54, 1.807) is 13.2 Å². The molecule has 0 saturated carbocycles. The molecule has 0 spiro atoms. The van der Waals surface area contributed by atoms with Gasteiger partial charge in [-0.2, -0.15) is 0 Å². The van der Waals surface area contributed by atoms with Crippen molar-refractivity contribution in [3.05, 3.63) is 29.8 Å². The summed E-state index contributed by atoms with van der Waals surface area (Å²) < 4.78 is 15.9. The van der Waals surface area contributed by atoms with Gasteiger partial charge in [0.15, 0.2) is 11.5 Å². The molecule has 1 unspecified atom stereocenters. The number of rotatable bonds is 6. The van der Waals surface area contributed by atoms with Gasteiger partial charge in [-0.15, -0.1) is 0 Å². The van der Waals surface area contributed by atoms with Crippen LogP contribution in [0.1, 0.15) is 5.56 Å². The highest BCUT2D eigenvalue weighted by Gasteiger charge is 2.23. The zero-order chi connectivity index (χ0) is 12.1. The van der Waals surface area contributed by atoms with Crippen LogP contribution in [-0.4, -0.2) is 38.1 Å². The van der Waals surface area contributed by atoms with Crippen LogP contribution in [0.4, 0.5) is 0 Å². The van der Waals surface area contributed by atoms with Crippen molar-refractivity contribution in [3.63, 3.8) is 0 Å². The van der Waals surface area contributed by atoms with Crippen molar-refractivity contribution >= 4 is 6.08 Å². The molecule has 1 atom stereocenters. The Hall–Kier alpha value is -1.52. The summed E-state index contributed by atoms with van der Waals surface area (Å²) in [7, 11) is 1.61. The van der Waals surface area contributed by atoms with Crippen LogP contribution in [0.3, 0.4) is 0 Å². The third-order valence-electron chi connectivity index (χ3n) is 2.43. The molecule has 2 rings (SSSR count). The Morgan fingerprint density at radius 2 is 2.29 bits per heavy atom. The second-order valence-electron chi connectivity index (χ2n) is 3.76. The molecule has 0 aromatic heterocycles. The fourth-order valence-electron chi connectivity index (χ4n) is 1.44. The molecule has 4 nitrogen and oxygen atoms in total. The Bertz CT molecular complexity index is 396. The van der Waals surface area contributed by atoms with Crippen LogP contribution in [0.2, 0.25) is 0 Å². The Labute approximate surface area is 100 Å². The number of methoxy groups -OCH3 is 1. The maximum Gasteiger partial charge on any atom is 0.161 e. The quantitative estimate of drug-likeness (QED) is 0.760. The monoisotopic (exact) mass is 236 g/mol. The molecular formula is C13H16O4. The van der Waals surface area contributed by atoms with Gasteiger partial charge in [0.2, 0.25) is 0 Å². The molecule has 0 aliphatic carbocycles. The fourth-order valence-corrected chi connectivity index (χ4v) is 1.44. The van der Waals surface area contributed by atoms with Crippen LogP contribution >= 0.6 is 0 Å². The lowest BCUT2D eigenvalue weighted by molar-refractivity contribution is 0.252. The normalized spacial score (nSPS) is 18.4. The van der Waals surface area contributed by atoms with E-state index in [9.17, 15) is 0 Å². The van der Waals surface area contributed by atoms with Gasteiger partial charge in [-0.25, -0.2) is 0 Å². The van der Waals surface area contributed by atoms with E-state index >= 15 is 0 Å². The second-order valence-corrected chi connectivity index (χ2v) is 3.76. The molecule has 0 radical (unpaired) electrons. The smallest absolute Gasteiger partial charge is 0.161 e. The van der Waals surface area contributed by atoms with Crippen LogP contribution in [0.25, 0.3) is 6.08 Å². The van der Waals surface area contributed by atoms with E-state index < -0.39 is 0 Å². The average Bonchev–Trinajstić information content (AvgIpc) is 3.18. The number of epoxide rings is 1. The van der Waals surface area contributed by atoms with Crippen molar-refractivity contribution in [2.45, 2.75) is 6.10 Å². The first-order chi connectivity index (χ1) is 8.33. The zero-order valence-corrected chi connectivity index (χ0v) is 9.76. The van der Waals surface area contributed by atoms with E-state index in [-0.39, 0.29) is 12.7 Å². The number of ether oxygens (including phenoxy) is 3. The lowest BCUT2D eigenvalue weighted by Gasteiger charge is -2.10. The summed E-state index contributed by atoms with van der Waals surface area (Å²) in [6.07, 6.45) is 3.73. The molecule has 1 aromatic carbocycles. The molecule has 0 bridgehead atoms. The zero-order valence-electron chi connectivity index (χ0n) is 9.76. The van der Waals surface area contributed by atoms with Crippen LogP contribution in [0, 0.1) is 0 Å². The van der Waals surface area contributed by atoms with Crippen molar-refractivity contribution in [2.75, 3.05) is 26.9 Å². The molecule has 0 amide bonds. The van der Waals surface area contributed by atoms with E-state index in [1.165, 1.54) is 0 Å². The Balaban J connectivity index is 2.06. The summed E-state index contributed by atoms with van der Waals surface area (Å²) in [5.41, 5.74) is 0.964. The molecule has 1 aliphatic rings. The molecule has 1 aromatic rings. The maximum absolute atomic E-state index is 8.70. The van der Waals surface area contributed by atoms with Gasteiger partial charge in [-0.3, -0.25) is 0 Å². The topological polar surface area (TPSA) is 51.2 Å². The highest BCUT2D eigenvalue weighted by Crippen LogP contribution is 2.29. The molecule has 1 fully saturated rings. The number of aliphatic hydroxyl groups excluding tert-OH is 1. The van der Waals surface area contributed by atoms with Crippen LogP contribution in [-0.2, 0) is 4.74 Å². The van der Waals surface area contributed by atoms with Gasteiger partial charge in [0.1, 0.15) is 12.7 Å². The van der Waals surface area contributed by atoms with E-state index in [4.69, 9.17) is 19.3 Å². The minimum absolute atomic E-state index is 0.0274. The number of aliphatic hydroxyl groups is 1. The van der Waals surface area contributed by atoms with Crippen molar-refractivity contribution in [3.8, 4) is 11.5 Å². The number of hydrogen-bond acceptors (Lipinski definition) is 4. The van der Waals surface area contributed by atoms with Crippen LogP contribution in [0.5, 0.6) is 11.5 Å². The van der Waals surface area contributed by atoms with E-state index in [2.05, 4.69) is 0 Å².